The molecule has 0 saturated heterocycles. The second-order valence-corrected chi connectivity index (χ2v) is 4.61. The van der Waals surface area contributed by atoms with E-state index in [4.69, 9.17) is 10.5 Å². The van der Waals surface area contributed by atoms with Crippen LogP contribution in [0.3, 0.4) is 0 Å². The summed E-state index contributed by atoms with van der Waals surface area (Å²) in [6, 6.07) is 12.2. The number of benzene rings is 2. The number of anilines is 2. The molecular formula is C15H17N3O3. The van der Waals surface area contributed by atoms with Crippen LogP contribution in [0.15, 0.2) is 42.5 Å². The molecule has 2 aromatic carbocycles. The van der Waals surface area contributed by atoms with Gasteiger partial charge in [0.15, 0.2) is 0 Å². The monoisotopic (exact) mass is 287 g/mol. The molecule has 0 heterocycles. The number of nitro groups is 1. The summed E-state index contributed by atoms with van der Waals surface area (Å²) in [7, 11) is 0. The minimum Gasteiger partial charge on any atom is -0.492 e. The van der Waals surface area contributed by atoms with E-state index in [0.717, 1.165) is 11.4 Å². The van der Waals surface area contributed by atoms with Gasteiger partial charge in [-0.15, -0.1) is 0 Å². The Morgan fingerprint density at radius 1 is 1.29 bits per heavy atom. The van der Waals surface area contributed by atoms with Gasteiger partial charge in [-0.25, -0.2) is 0 Å². The predicted octanol–water partition coefficient (Wildman–Crippen LogP) is 2.98. The van der Waals surface area contributed by atoms with E-state index in [1.165, 1.54) is 6.07 Å². The Hall–Kier alpha value is -2.76. The van der Waals surface area contributed by atoms with Crippen LogP contribution < -0.4 is 15.8 Å². The fraction of sp³-hybridized carbons (Fsp3) is 0.200. The van der Waals surface area contributed by atoms with Crippen LogP contribution in [-0.4, -0.2) is 18.1 Å². The van der Waals surface area contributed by atoms with Crippen molar-refractivity contribution in [2.75, 3.05) is 24.2 Å². The highest BCUT2D eigenvalue weighted by molar-refractivity contribution is 5.53. The molecule has 2 rings (SSSR count). The molecule has 0 amide bonds. The standard InChI is InChI=1S/C15H17N3O3/c1-11-9-13(5-6-15(11)18(19)20)17-7-8-21-14-4-2-3-12(16)10-14/h2-6,9-10,17H,7-8,16H2,1H3. The first-order valence-electron chi connectivity index (χ1n) is 6.53. The Bertz CT molecular complexity index is 644. The van der Waals surface area contributed by atoms with E-state index in [0.29, 0.717) is 24.4 Å². The maximum Gasteiger partial charge on any atom is 0.272 e. The Morgan fingerprint density at radius 3 is 2.76 bits per heavy atom. The molecule has 2 aromatic rings. The van der Waals surface area contributed by atoms with Crippen molar-refractivity contribution >= 4 is 17.1 Å². The van der Waals surface area contributed by atoms with Crippen LogP contribution in [0.25, 0.3) is 0 Å². The number of nitrogen functional groups attached to an aromatic ring is 1. The summed E-state index contributed by atoms with van der Waals surface area (Å²) in [6.07, 6.45) is 0. The Balaban J connectivity index is 1.84. The quantitative estimate of drug-likeness (QED) is 0.369. The van der Waals surface area contributed by atoms with E-state index in [1.54, 1.807) is 31.2 Å². The SMILES string of the molecule is Cc1cc(NCCOc2cccc(N)c2)ccc1[N+](=O)[O-]. The third kappa shape index (κ3) is 4.10. The van der Waals surface area contributed by atoms with Gasteiger partial charge in [-0.2, -0.15) is 0 Å². The van der Waals surface area contributed by atoms with Crippen molar-refractivity contribution in [1.82, 2.24) is 0 Å². The van der Waals surface area contributed by atoms with Crippen LogP contribution in [0.4, 0.5) is 17.1 Å². The van der Waals surface area contributed by atoms with E-state index < -0.39 is 0 Å². The summed E-state index contributed by atoms with van der Waals surface area (Å²) in [6.45, 7) is 2.78. The zero-order chi connectivity index (χ0) is 15.2. The molecule has 6 heteroatoms. The number of nitrogens with zero attached hydrogens (tertiary/aromatic N) is 1. The maximum absolute atomic E-state index is 10.7. The van der Waals surface area contributed by atoms with Gasteiger partial charge in [-0.3, -0.25) is 10.1 Å². The molecular weight excluding hydrogens is 270 g/mol. The van der Waals surface area contributed by atoms with Gasteiger partial charge in [0.2, 0.25) is 0 Å². The molecule has 0 aliphatic carbocycles. The van der Waals surface area contributed by atoms with Crippen molar-refractivity contribution in [2.24, 2.45) is 0 Å². The highest BCUT2D eigenvalue weighted by Crippen LogP contribution is 2.21. The highest BCUT2D eigenvalue weighted by Gasteiger charge is 2.09. The first-order valence-corrected chi connectivity index (χ1v) is 6.53. The van der Waals surface area contributed by atoms with E-state index >= 15 is 0 Å². The smallest absolute Gasteiger partial charge is 0.272 e. The van der Waals surface area contributed by atoms with Crippen LogP contribution in [-0.2, 0) is 0 Å². The minimum atomic E-state index is -0.387. The van der Waals surface area contributed by atoms with E-state index in [-0.39, 0.29) is 10.6 Å². The van der Waals surface area contributed by atoms with Crippen molar-refractivity contribution in [3.8, 4) is 5.75 Å². The molecule has 0 bridgehead atoms. The Morgan fingerprint density at radius 2 is 2.10 bits per heavy atom. The second kappa shape index (κ2) is 6.60. The van der Waals surface area contributed by atoms with Crippen LogP contribution >= 0.6 is 0 Å². The topological polar surface area (TPSA) is 90.4 Å². The Labute approximate surface area is 122 Å². The largest absolute Gasteiger partial charge is 0.492 e. The maximum atomic E-state index is 10.7. The summed E-state index contributed by atoms with van der Waals surface area (Å²) < 4.78 is 5.55. The third-order valence-electron chi connectivity index (χ3n) is 2.95. The molecule has 0 aliphatic heterocycles. The van der Waals surface area contributed by atoms with Crippen LogP contribution in [0.2, 0.25) is 0 Å². The van der Waals surface area contributed by atoms with Crippen LogP contribution in [0, 0.1) is 17.0 Å². The number of nitrogens with two attached hydrogens (primary N) is 1. The summed E-state index contributed by atoms with van der Waals surface area (Å²) in [5.74, 6) is 0.719. The number of ether oxygens (including phenoxy) is 1. The average Bonchev–Trinajstić information content (AvgIpc) is 2.43. The van der Waals surface area contributed by atoms with Gasteiger partial charge in [-0.1, -0.05) is 6.07 Å². The molecule has 0 aliphatic rings. The number of hydrogen-bond donors (Lipinski definition) is 2. The number of aryl methyl sites for hydroxylation is 1. The summed E-state index contributed by atoms with van der Waals surface area (Å²) >= 11 is 0. The van der Waals surface area contributed by atoms with Gasteiger partial charge < -0.3 is 15.8 Å². The molecule has 21 heavy (non-hydrogen) atoms. The van der Waals surface area contributed by atoms with Crippen molar-refractivity contribution in [3.05, 3.63) is 58.1 Å². The van der Waals surface area contributed by atoms with Crippen molar-refractivity contribution in [1.29, 1.82) is 0 Å². The molecule has 0 atom stereocenters. The summed E-state index contributed by atoms with van der Waals surface area (Å²) in [4.78, 5) is 10.3. The molecule has 0 spiro atoms. The lowest BCUT2D eigenvalue weighted by molar-refractivity contribution is -0.385. The first-order chi connectivity index (χ1) is 10.1. The number of hydrogen-bond acceptors (Lipinski definition) is 5. The number of nitro benzene ring substituents is 1. The van der Waals surface area contributed by atoms with E-state index in [2.05, 4.69) is 5.32 Å². The molecule has 0 saturated carbocycles. The van der Waals surface area contributed by atoms with Crippen molar-refractivity contribution in [2.45, 2.75) is 6.92 Å². The van der Waals surface area contributed by atoms with Gasteiger partial charge in [0, 0.05) is 35.6 Å². The number of nitrogens with one attached hydrogen (secondary N) is 1. The van der Waals surface area contributed by atoms with Crippen molar-refractivity contribution < 1.29 is 9.66 Å². The molecule has 6 nitrogen and oxygen atoms in total. The third-order valence-corrected chi connectivity index (χ3v) is 2.95. The van der Waals surface area contributed by atoms with Gasteiger partial charge in [0.05, 0.1) is 4.92 Å². The van der Waals surface area contributed by atoms with E-state index in [1.807, 2.05) is 12.1 Å². The van der Waals surface area contributed by atoms with Gasteiger partial charge in [0.25, 0.3) is 5.69 Å². The highest BCUT2D eigenvalue weighted by atomic mass is 16.6. The van der Waals surface area contributed by atoms with Gasteiger partial charge in [-0.05, 0) is 31.2 Å². The molecule has 110 valence electrons. The second-order valence-electron chi connectivity index (χ2n) is 4.61. The molecule has 0 fully saturated rings. The lowest BCUT2D eigenvalue weighted by atomic mass is 10.2. The van der Waals surface area contributed by atoms with Crippen LogP contribution in [0.1, 0.15) is 5.56 Å². The average molecular weight is 287 g/mol. The normalized spacial score (nSPS) is 10.1. The van der Waals surface area contributed by atoms with E-state index in [9.17, 15) is 10.1 Å². The van der Waals surface area contributed by atoms with Crippen LogP contribution in [0.5, 0.6) is 5.75 Å². The minimum absolute atomic E-state index is 0.122. The Kier molecular flexibility index (Phi) is 4.61. The zero-order valence-corrected chi connectivity index (χ0v) is 11.7. The van der Waals surface area contributed by atoms with Gasteiger partial charge in [0.1, 0.15) is 12.4 Å². The summed E-state index contributed by atoms with van der Waals surface area (Å²) in [5.41, 5.74) is 7.89. The zero-order valence-electron chi connectivity index (χ0n) is 11.7. The molecule has 0 unspecified atom stereocenters. The molecule has 3 N–H and O–H groups in total. The fourth-order valence-corrected chi connectivity index (χ4v) is 1.94. The summed E-state index contributed by atoms with van der Waals surface area (Å²) in [5, 5.41) is 13.9. The number of rotatable bonds is 6. The lowest BCUT2D eigenvalue weighted by Gasteiger charge is -2.09. The molecule has 0 aromatic heterocycles. The fourth-order valence-electron chi connectivity index (χ4n) is 1.94. The first kappa shape index (κ1) is 14.6. The van der Waals surface area contributed by atoms with Crippen molar-refractivity contribution in [3.63, 3.8) is 0 Å². The van der Waals surface area contributed by atoms with Gasteiger partial charge >= 0.3 is 0 Å². The lowest BCUT2D eigenvalue weighted by Crippen LogP contribution is -2.11. The molecule has 0 radical (unpaired) electrons. The predicted molar refractivity (Wildman–Crippen MR) is 82.7 cm³/mol.